The fourth-order valence-corrected chi connectivity index (χ4v) is 1.62. The van der Waals surface area contributed by atoms with E-state index in [0.29, 0.717) is 36.4 Å². The molecular formula is C13H17N5O. The predicted molar refractivity (Wildman–Crippen MR) is 73.9 cm³/mol. The van der Waals surface area contributed by atoms with Gasteiger partial charge in [0.05, 0.1) is 6.61 Å². The van der Waals surface area contributed by atoms with E-state index in [-0.39, 0.29) is 0 Å². The smallest absolute Gasteiger partial charge is 0.242 e. The highest BCUT2D eigenvalue weighted by Gasteiger charge is 2.10. The Morgan fingerprint density at radius 3 is 2.68 bits per heavy atom. The molecule has 0 amide bonds. The summed E-state index contributed by atoms with van der Waals surface area (Å²) in [6.45, 7) is 4.83. The molecule has 0 radical (unpaired) electrons. The van der Waals surface area contributed by atoms with E-state index in [2.05, 4.69) is 20.3 Å². The van der Waals surface area contributed by atoms with Gasteiger partial charge in [-0.1, -0.05) is 0 Å². The second kappa shape index (κ2) is 5.99. The van der Waals surface area contributed by atoms with E-state index >= 15 is 0 Å². The molecule has 2 aromatic rings. The summed E-state index contributed by atoms with van der Waals surface area (Å²) >= 11 is 0. The van der Waals surface area contributed by atoms with E-state index in [0.717, 1.165) is 5.56 Å². The van der Waals surface area contributed by atoms with Gasteiger partial charge in [0.25, 0.3) is 0 Å². The second-order valence-electron chi connectivity index (χ2n) is 3.98. The summed E-state index contributed by atoms with van der Waals surface area (Å²) in [5.74, 6) is 1.63. The summed E-state index contributed by atoms with van der Waals surface area (Å²) in [5, 5.41) is 3.18. The lowest BCUT2D eigenvalue weighted by atomic mass is 10.2. The average molecular weight is 259 g/mol. The zero-order valence-corrected chi connectivity index (χ0v) is 11.1. The van der Waals surface area contributed by atoms with E-state index in [4.69, 9.17) is 10.5 Å². The Morgan fingerprint density at radius 2 is 2.00 bits per heavy atom. The van der Waals surface area contributed by atoms with Crippen LogP contribution in [-0.2, 0) is 6.54 Å². The highest BCUT2D eigenvalue weighted by atomic mass is 16.5. The molecule has 100 valence electrons. The van der Waals surface area contributed by atoms with Crippen molar-refractivity contribution in [2.24, 2.45) is 0 Å². The second-order valence-corrected chi connectivity index (χ2v) is 3.98. The van der Waals surface area contributed by atoms with Gasteiger partial charge in [0.2, 0.25) is 5.88 Å². The largest absolute Gasteiger partial charge is 0.476 e. The molecule has 6 heteroatoms. The third kappa shape index (κ3) is 3.31. The van der Waals surface area contributed by atoms with Crippen LogP contribution in [0.5, 0.6) is 5.88 Å². The molecule has 0 aliphatic carbocycles. The molecule has 0 atom stereocenters. The first kappa shape index (κ1) is 13.1. The Kier molecular flexibility index (Phi) is 4.12. The average Bonchev–Trinajstić information content (AvgIpc) is 2.42. The SMILES string of the molecule is CCOc1nc(C)nc(NCc2ccncc2)c1N. The van der Waals surface area contributed by atoms with E-state index in [1.165, 1.54) is 0 Å². The number of nitrogens with zero attached hydrogens (tertiary/aromatic N) is 3. The molecule has 0 fully saturated rings. The highest BCUT2D eigenvalue weighted by molar-refractivity contribution is 5.66. The van der Waals surface area contributed by atoms with Gasteiger partial charge in [-0.3, -0.25) is 4.98 Å². The van der Waals surface area contributed by atoms with E-state index in [1.807, 2.05) is 19.1 Å². The standard InChI is InChI=1S/C13H17N5O/c1-3-19-13-11(14)12(17-9(2)18-13)16-8-10-4-6-15-7-5-10/h4-7H,3,8,14H2,1-2H3,(H,16,17,18). The number of nitrogens with one attached hydrogen (secondary N) is 1. The molecule has 0 aliphatic rings. The molecule has 2 heterocycles. The van der Waals surface area contributed by atoms with Crippen LogP contribution in [0.4, 0.5) is 11.5 Å². The number of aromatic nitrogens is 3. The Morgan fingerprint density at radius 1 is 1.26 bits per heavy atom. The van der Waals surface area contributed by atoms with Crippen LogP contribution in [0.2, 0.25) is 0 Å². The lowest BCUT2D eigenvalue weighted by molar-refractivity contribution is 0.327. The minimum atomic E-state index is 0.423. The van der Waals surface area contributed by atoms with Gasteiger partial charge in [-0.15, -0.1) is 0 Å². The Bertz CT molecular complexity index is 544. The normalized spacial score (nSPS) is 10.2. The van der Waals surface area contributed by atoms with Gasteiger partial charge in [0.15, 0.2) is 5.82 Å². The van der Waals surface area contributed by atoms with Crippen molar-refractivity contribution in [2.75, 3.05) is 17.7 Å². The van der Waals surface area contributed by atoms with Crippen LogP contribution in [0.1, 0.15) is 18.3 Å². The van der Waals surface area contributed by atoms with Crippen molar-refractivity contribution in [3.05, 3.63) is 35.9 Å². The number of nitrogen functional groups attached to an aromatic ring is 1. The number of nitrogens with two attached hydrogens (primary N) is 1. The highest BCUT2D eigenvalue weighted by Crippen LogP contribution is 2.26. The molecule has 6 nitrogen and oxygen atoms in total. The Balaban J connectivity index is 2.16. The van der Waals surface area contributed by atoms with Gasteiger partial charge in [-0.25, -0.2) is 4.98 Å². The summed E-state index contributed by atoms with van der Waals surface area (Å²) in [6, 6.07) is 3.86. The first-order chi connectivity index (χ1) is 9.20. The molecule has 0 aliphatic heterocycles. The molecule has 19 heavy (non-hydrogen) atoms. The number of hydrogen-bond acceptors (Lipinski definition) is 6. The fourth-order valence-electron chi connectivity index (χ4n) is 1.62. The monoisotopic (exact) mass is 259 g/mol. The number of rotatable bonds is 5. The van der Waals surface area contributed by atoms with Crippen molar-refractivity contribution >= 4 is 11.5 Å². The number of pyridine rings is 1. The topological polar surface area (TPSA) is 86.0 Å². The van der Waals surface area contributed by atoms with Crippen LogP contribution < -0.4 is 15.8 Å². The van der Waals surface area contributed by atoms with Gasteiger partial charge in [0.1, 0.15) is 11.5 Å². The molecule has 0 unspecified atom stereocenters. The zero-order valence-electron chi connectivity index (χ0n) is 11.1. The first-order valence-electron chi connectivity index (χ1n) is 6.10. The maximum Gasteiger partial charge on any atom is 0.242 e. The summed E-state index contributed by atoms with van der Waals surface area (Å²) in [5.41, 5.74) is 7.51. The molecule has 0 spiro atoms. The Labute approximate surface area is 112 Å². The summed E-state index contributed by atoms with van der Waals surface area (Å²) in [7, 11) is 0. The van der Waals surface area contributed by atoms with Crippen LogP contribution in [-0.4, -0.2) is 21.6 Å². The minimum Gasteiger partial charge on any atom is -0.476 e. The molecule has 2 rings (SSSR count). The van der Waals surface area contributed by atoms with Crippen molar-refractivity contribution in [1.82, 2.24) is 15.0 Å². The predicted octanol–water partition coefficient (Wildman–Crippen LogP) is 1.77. The van der Waals surface area contributed by atoms with E-state index < -0.39 is 0 Å². The van der Waals surface area contributed by atoms with E-state index in [1.54, 1.807) is 19.3 Å². The Hall–Kier alpha value is -2.37. The van der Waals surface area contributed by atoms with Crippen molar-refractivity contribution in [3.8, 4) is 5.88 Å². The first-order valence-corrected chi connectivity index (χ1v) is 6.10. The third-order valence-corrected chi connectivity index (χ3v) is 2.51. The van der Waals surface area contributed by atoms with Crippen molar-refractivity contribution in [3.63, 3.8) is 0 Å². The molecule has 2 aromatic heterocycles. The van der Waals surface area contributed by atoms with Gasteiger partial charge in [-0.2, -0.15) is 4.98 Å². The summed E-state index contributed by atoms with van der Waals surface area (Å²) in [6.07, 6.45) is 3.49. The lowest BCUT2D eigenvalue weighted by Gasteiger charge is -2.12. The molecule has 0 aromatic carbocycles. The van der Waals surface area contributed by atoms with Crippen LogP contribution in [0.25, 0.3) is 0 Å². The number of ether oxygens (including phenoxy) is 1. The number of anilines is 2. The summed E-state index contributed by atoms with van der Waals surface area (Å²) < 4.78 is 5.38. The summed E-state index contributed by atoms with van der Waals surface area (Å²) in [4.78, 5) is 12.4. The van der Waals surface area contributed by atoms with Crippen LogP contribution in [0, 0.1) is 6.92 Å². The van der Waals surface area contributed by atoms with Gasteiger partial charge in [-0.05, 0) is 31.5 Å². The quantitative estimate of drug-likeness (QED) is 0.851. The fraction of sp³-hybridized carbons (Fsp3) is 0.308. The molecular weight excluding hydrogens is 242 g/mol. The van der Waals surface area contributed by atoms with Crippen LogP contribution in [0.3, 0.4) is 0 Å². The minimum absolute atomic E-state index is 0.423. The lowest BCUT2D eigenvalue weighted by Crippen LogP contribution is -2.09. The van der Waals surface area contributed by atoms with Crippen LogP contribution >= 0.6 is 0 Å². The third-order valence-electron chi connectivity index (χ3n) is 2.51. The maximum atomic E-state index is 5.98. The maximum absolute atomic E-state index is 5.98. The number of aryl methyl sites for hydroxylation is 1. The van der Waals surface area contributed by atoms with Gasteiger partial charge < -0.3 is 15.8 Å². The van der Waals surface area contributed by atoms with E-state index in [9.17, 15) is 0 Å². The zero-order chi connectivity index (χ0) is 13.7. The molecule has 3 N–H and O–H groups in total. The van der Waals surface area contributed by atoms with Crippen molar-refractivity contribution in [1.29, 1.82) is 0 Å². The van der Waals surface area contributed by atoms with Crippen molar-refractivity contribution in [2.45, 2.75) is 20.4 Å². The molecule has 0 saturated heterocycles. The van der Waals surface area contributed by atoms with Gasteiger partial charge >= 0.3 is 0 Å². The van der Waals surface area contributed by atoms with Crippen molar-refractivity contribution < 1.29 is 4.74 Å². The van der Waals surface area contributed by atoms with Gasteiger partial charge in [0, 0.05) is 18.9 Å². The molecule has 0 bridgehead atoms. The van der Waals surface area contributed by atoms with Crippen LogP contribution in [0.15, 0.2) is 24.5 Å². The molecule has 0 saturated carbocycles. The number of hydrogen-bond donors (Lipinski definition) is 2.